The van der Waals surface area contributed by atoms with Crippen molar-refractivity contribution < 1.29 is 8.42 Å². The highest BCUT2D eigenvalue weighted by Crippen LogP contribution is 2.29. The predicted octanol–water partition coefficient (Wildman–Crippen LogP) is 4.06. The highest BCUT2D eigenvalue weighted by molar-refractivity contribution is 7.91. The van der Waals surface area contributed by atoms with Crippen molar-refractivity contribution in [1.29, 1.82) is 0 Å². The Balaban J connectivity index is 1.47. The number of benzene rings is 1. The summed E-state index contributed by atoms with van der Waals surface area (Å²) >= 11 is 7.00. The van der Waals surface area contributed by atoms with Gasteiger partial charge in [0.05, 0.1) is 4.34 Å². The zero-order chi connectivity index (χ0) is 21.3. The first-order valence-electron chi connectivity index (χ1n) is 9.51. The van der Waals surface area contributed by atoms with Gasteiger partial charge in [0, 0.05) is 37.9 Å². The van der Waals surface area contributed by atoms with Crippen molar-refractivity contribution in [2.24, 2.45) is 0 Å². The smallest absolute Gasteiger partial charge is 0.252 e. The first-order valence-corrected chi connectivity index (χ1v) is 12.1. The lowest BCUT2D eigenvalue weighted by Gasteiger charge is -2.34. The monoisotopic (exact) mass is 463 g/mol. The Labute approximate surface area is 185 Å². The highest BCUT2D eigenvalue weighted by atomic mass is 35.5. The molecule has 158 valence electrons. The lowest BCUT2D eigenvalue weighted by molar-refractivity contribution is 0.384. The van der Waals surface area contributed by atoms with Crippen LogP contribution < -0.4 is 10.2 Å². The Hall–Kier alpha value is -2.20. The minimum atomic E-state index is -3.51. The van der Waals surface area contributed by atoms with E-state index in [4.69, 9.17) is 11.6 Å². The van der Waals surface area contributed by atoms with Gasteiger partial charge in [0.2, 0.25) is 0 Å². The number of anilines is 3. The lowest BCUT2D eigenvalue weighted by Crippen LogP contribution is -2.48. The van der Waals surface area contributed by atoms with Gasteiger partial charge >= 0.3 is 0 Å². The summed E-state index contributed by atoms with van der Waals surface area (Å²) in [5, 5.41) is 3.31. The van der Waals surface area contributed by atoms with Crippen LogP contribution in [0.1, 0.15) is 11.4 Å². The molecule has 1 aliphatic heterocycles. The average Bonchev–Trinajstić information content (AvgIpc) is 3.17. The molecule has 1 fully saturated rings. The van der Waals surface area contributed by atoms with E-state index in [1.807, 2.05) is 44.2 Å². The molecule has 10 heteroatoms. The number of nitrogens with one attached hydrogen (secondary N) is 1. The van der Waals surface area contributed by atoms with E-state index in [0.29, 0.717) is 42.2 Å². The van der Waals surface area contributed by atoms with Gasteiger partial charge in [0.1, 0.15) is 21.7 Å². The largest absolute Gasteiger partial charge is 0.354 e. The summed E-state index contributed by atoms with van der Waals surface area (Å²) in [6, 6.07) is 13.2. The quantitative estimate of drug-likeness (QED) is 0.614. The molecule has 7 nitrogen and oxygen atoms in total. The third kappa shape index (κ3) is 4.59. The molecule has 0 spiro atoms. The second-order valence-corrected chi connectivity index (χ2v) is 11.0. The molecule has 0 aliphatic carbocycles. The van der Waals surface area contributed by atoms with Crippen LogP contribution in [0.3, 0.4) is 0 Å². The number of rotatable bonds is 5. The molecule has 3 aromatic rings. The molecule has 1 saturated heterocycles. The van der Waals surface area contributed by atoms with E-state index in [-0.39, 0.29) is 4.21 Å². The van der Waals surface area contributed by atoms with Crippen molar-refractivity contribution in [2.45, 2.75) is 18.1 Å². The van der Waals surface area contributed by atoms with E-state index in [0.717, 1.165) is 22.8 Å². The number of halogens is 1. The summed E-state index contributed by atoms with van der Waals surface area (Å²) in [7, 11) is -3.51. The Bertz CT molecular complexity index is 1140. The van der Waals surface area contributed by atoms with Crippen molar-refractivity contribution in [3.05, 3.63) is 58.2 Å². The van der Waals surface area contributed by atoms with Gasteiger partial charge in [-0.15, -0.1) is 11.3 Å². The van der Waals surface area contributed by atoms with Crippen LogP contribution in [0.25, 0.3) is 0 Å². The minimum absolute atomic E-state index is 0.281. The zero-order valence-electron chi connectivity index (χ0n) is 16.7. The van der Waals surface area contributed by atoms with Crippen LogP contribution in [0, 0.1) is 13.8 Å². The molecule has 0 saturated carbocycles. The minimum Gasteiger partial charge on any atom is -0.354 e. The Morgan fingerprint density at radius 3 is 2.33 bits per heavy atom. The number of sulfonamides is 1. The molecule has 3 heterocycles. The standard InChI is InChI=1S/C20H22ClN5O2S2/c1-14-3-5-16(6-4-14)24-18-13-19(23-15(2)22-18)25-9-11-26(12-10-25)30(27,28)20-8-7-17(21)29-20/h3-8,13H,9-12H2,1-2H3,(H,22,23,24). The van der Waals surface area contributed by atoms with E-state index >= 15 is 0 Å². The number of hydrogen-bond acceptors (Lipinski definition) is 7. The van der Waals surface area contributed by atoms with Gasteiger partial charge in [-0.05, 0) is 38.1 Å². The van der Waals surface area contributed by atoms with Crippen LogP contribution >= 0.6 is 22.9 Å². The summed E-state index contributed by atoms with van der Waals surface area (Å²) in [6.07, 6.45) is 0. The first kappa shape index (κ1) is 21.0. The second kappa shape index (κ2) is 8.50. The average molecular weight is 464 g/mol. The first-order chi connectivity index (χ1) is 14.3. The molecule has 1 aromatic carbocycles. The van der Waals surface area contributed by atoms with E-state index in [1.165, 1.54) is 9.87 Å². The summed E-state index contributed by atoms with van der Waals surface area (Å²) in [4.78, 5) is 11.1. The number of aryl methyl sites for hydroxylation is 2. The van der Waals surface area contributed by atoms with E-state index in [2.05, 4.69) is 20.2 Å². The van der Waals surface area contributed by atoms with Gasteiger partial charge < -0.3 is 10.2 Å². The predicted molar refractivity (Wildman–Crippen MR) is 122 cm³/mol. The summed E-state index contributed by atoms with van der Waals surface area (Å²) in [5.74, 6) is 2.16. The number of aromatic nitrogens is 2. The van der Waals surface area contributed by atoms with Crippen LogP contribution in [-0.2, 0) is 10.0 Å². The third-order valence-electron chi connectivity index (χ3n) is 4.85. The van der Waals surface area contributed by atoms with Gasteiger partial charge in [-0.25, -0.2) is 18.4 Å². The van der Waals surface area contributed by atoms with E-state index < -0.39 is 10.0 Å². The Morgan fingerprint density at radius 2 is 1.70 bits per heavy atom. The molecular formula is C20H22ClN5O2S2. The lowest BCUT2D eigenvalue weighted by atomic mass is 10.2. The van der Waals surface area contributed by atoms with E-state index in [1.54, 1.807) is 12.1 Å². The van der Waals surface area contributed by atoms with Crippen LogP contribution in [0.15, 0.2) is 46.7 Å². The molecule has 0 amide bonds. The normalized spacial score (nSPS) is 15.4. The van der Waals surface area contributed by atoms with Gasteiger partial charge in [-0.2, -0.15) is 4.31 Å². The SMILES string of the molecule is Cc1ccc(Nc2cc(N3CCN(S(=O)(=O)c4ccc(Cl)s4)CC3)nc(C)n2)cc1. The van der Waals surface area contributed by atoms with Crippen molar-refractivity contribution in [2.75, 3.05) is 36.4 Å². The molecule has 2 aromatic heterocycles. The number of nitrogens with zero attached hydrogens (tertiary/aromatic N) is 4. The fourth-order valence-electron chi connectivity index (χ4n) is 3.28. The van der Waals surface area contributed by atoms with Gasteiger partial charge in [0.25, 0.3) is 10.0 Å². The van der Waals surface area contributed by atoms with Gasteiger partial charge in [-0.3, -0.25) is 0 Å². The Kier molecular flexibility index (Phi) is 5.97. The van der Waals surface area contributed by atoms with Crippen LogP contribution in [-0.4, -0.2) is 48.9 Å². The van der Waals surface area contributed by atoms with E-state index in [9.17, 15) is 8.42 Å². The molecule has 4 rings (SSSR count). The maximum absolute atomic E-state index is 12.8. The maximum atomic E-state index is 12.8. The van der Waals surface area contributed by atoms with Crippen molar-refractivity contribution in [3.8, 4) is 0 Å². The summed E-state index contributed by atoms with van der Waals surface area (Å²) in [5.41, 5.74) is 2.15. The molecule has 0 radical (unpaired) electrons. The molecule has 0 unspecified atom stereocenters. The number of thiophene rings is 1. The topological polar surface area (TPSA) is 78.4 Å². The van der Waals surface area contributed by atoms with Crippen molar-refractivity contribution >= 4 is 50.3 Å². The molecule has 0 bridgehead atoms. The molecular weight excluding hydrogens is 442 g/mol. The highest BCUT2D eigenvalue weighted by Gasteiger charge is 2.30. The zero-order valence-corrected chi connectivity index (χ0v) is 19.1. The fraction of sp³-hybridized carbons (Fsp3) is 0.300. The van der Waals surface area contributed by atoms with Crippen LogP contribution in [0.4, 0.5) is 17.3 Å². The summed E-state index contributed by atoms with van der Waals surface area (Å²) in [6.45, 7) is 5.79. The Morgan fingerprint density at radius 1 is 1.00 bits per heavy atom. The number of hydrogen-bond donors (Lipinski definition) is 1. The third-order valence-corrected chi connectivity index (χ3v) is 8.45. The van der Waals surface area contributed by atoms with Gasteiger partial charge in [-0.1, -0.05) is 29.3 Å². The maximum Gasteiger partial charge on any atom is 0.252 e. The second-order valence-electron chi connectivity index (χ2n) is 7.10. The fourth-order valence-corrected chi connectivity index (χ4v) is 6.34. The molecule has 1 N–H and O–H groups in total. The summed E-state index contributed by atoms with van der Waals surface area (Å²) < 4.78 is 27.9. The van der Waals surface area contributed by atoms with Crippen LogP contribution in [0.2, 0.25) is 4.34 Å². The molecule has 0 atom stereocenters. The number of piperazine rings is 1. The molecule has 1 aliphatic rings. The van der Waals surface area contributed by atoms with Crippen molar-refractivity contribution in [1.82, 2.24) is 14.3 Å². The van der Waals surface area contributed by atoms with Crippen LogP contribution in [0.5, 0.6) is 0 Å². The molecule has 30 heavy (non-hydrogen) atoms. The van der Waals surface area contributed by atoms with Crippen molar-refractivity contribution in [3.63, 3.8) is 0 Å². The van der Waals surface area contributed by atoms with Gasteiger partial charge in [0.15, 0.2) is 0 Å².